The van der Waals surface area contributed by atoms with Crippen molar-refractivity contribution in [3.63, 3.8) is 0 Å². The topological polar surface area (TPSA) is 176 Å². The molecule has 0 saturated carbocycles. The first-order valence-electron chi connectivity index (χ1n) is 17.0. The van der Waals surface area contributed by atoms with Crippen LogP contribution in [0.4, 0.5) is 14.5 Å². The molecule has 1 unspecified atom stereocenters. The summed E-state index contributed by atoms with van der Waals surface area (Å²) in [6.07, 6.45) is 4.87. The van der Waals surface area contributed by atoms with Crippen LogP contribution in [0.3, 0.4) is 0 Å². The van der Waals surface area contributed by atoms with Gasteiger partial charge in [-0.3, -0.25) is 23.4 Å². The van der Waals surface area contributed by atoms with Crippen molar-refractivity contribution in [3.8, 4) is 28.2 Å². The Morgan fingerprint density at radius 3 is 2.31 bits per heavy atom. The molecule has 0 aromatic heterocycles. The van der Waals surface area contributed by atoms with Gasteiger partial charge in [-0.05, 0) is 87.5 Å². The smallest absolute Gasteiger partial charge is 0.472 e. The van der Waals surface area contributed by atoms with Crippen molar-refractivity contribution in [2.75, 3.05) is 31.6 Å². The highest BCUT2D eigenvalue weighted by Crippen LogP contribution is 2.43. The van der Waals surface area contributed by atoms with Crippen LogP contribution < -0.4 is 21.4 Å². The maximum atomic E-state index is 14.4. The molecular weight excluding hydrogens is 719 g/mol. The second-order valence-electron chi connectivity index (χ2n) is 12.0. The summed E-state index contributed by atoms with van der Waals surface area (Å²) in [5.41, 5.74) is 1.24. The van der Waals surface area contributed by atoms with E-state index < -0.39 is 30.6 Å². The van der Waals surface area contributed by atoms with Gasteiger partial charge in [0.2, 0.25) is 11.3 Å². The average molecular weight is 762 g/mol. The molecule has 52 heavy (non-hydrogen) atoms. The number of aromatic hydroxyl groups is 1. The van der Waals surface area contributed by atoms with Crippen molar-refractivity contribution >= 4 is 53.5 Å². The van der Waals surface area contributed by atoms with E-state index >= 15 is 0 Å². The molecule has 0 saturated heterocycles. The number of Topliss-reactive ketones (excluding diaryl/α,β-unsaturated/α-hetero) is 1. The first-order valence-corrected chi connectivity index (χ1v) is 18.9. The van der Waals surface area contributed by atoms with Crippen LogP contribution in [0.2, 0.25) is 0 Å². The maximum Gasteiger partial charge on any atom is 0.472 e. The van der Waals surface area contributed by atoms with Crippen molar-refractivity contribution < 1.29 is 46.4 Å². The van der Waals surface area contributed by atoms with Gasteiger partial charge in [0.15, 0.2) is 22.5 Å². The second kappa shape index (κ2) is 19.5. The number of phosphoric acid groups is 1. The highest BCUT2D eigenvalue weighted by Gasteiger charge is 2.22. The molecule has 1 atom stereocenters. The number of amides is 1. The molecule has 1 aliphatic heterocycles. The Hall–Kier alpha value is -4.27. The van der Waals surface area contributed by atoms with E-state index in [2.05, 4.69) is 20.5 Å². The number of fused-ring (bicyclic) bond motifs is 2. The predicted octanol–water partition coefficient (Wildman–Crippen LogP) is 7.18. The van der Waals surface area contributed by atoms with Crippen molar-refractivity contribution in [3.05, 3.63) is 70.4 Å². The first-order chi connectivity index (χ1) is 24.9. The van der Waals surface area contributed by atoms with Gasteiger partial charge in [0.25, 0.3) is 0 Å². The molecule has 5 N–H and O–H groups in total. The molecule has 2 aliphatic rings. The van der Waals surface area contributed by atoms with Gasteiger partial charge in [-0.2, -0.15) is 0 Å². The molecular formula is C36H42F2N3O9PS. The average Bonchev–Trinajstić information content (AvgIpc) is 3.09. The fourth-order valence-electron chi connectivity index (χ4n) is 5.43. The lowest BCUT2D eigenvalue weighted by molar-refractivity contribution is -0.122. The van der Waals surface area contributed by atoms with Gasteiger partial charge in [-0.1, -0.05) is 12.1 Å². The zero-order valence-corrected chi connectivity index (χ0v) is 30.4. The molecule has 1 heterocycles. The fraction of sp³-hybridized carbons (Fsp3) is 0.389. The number of thiocarbonyl (C=S) groups is 1. The van der Waals surface area contributed by atoms with E-state index in [-0.39, 0.29) is 48.2 Å². The normalized spacial score (nSPS) is 12.5. The largest absolute Gasteiger partial charge is 0.505 e. The summed E-state index contributed by atoms with van der Waals surface area (Å²) in [6, 6.07) is 11.3. The molecule has 0 bridgehead atoms. The highest BCUT2D eigenvalue weighted by atomic mass is 32.1. The number of ketones is 1. The van der Waals surface area contributed by atoms with E-state index in [1.165, 1.54) is 0 Å². The van der Waals surface area contributed by atoms with Crippen LogP contribution in [0.1, 0.15) is 64.7 Å². The Labute approximate surface area is 304 Å². The predicted molar refractivity (Wildman–Crippen MR) is 197 cm³/mol. The van der Waals surface area contributed by atoms with Crippen molar-refractivity contribution in [1.29, 1.82) is 0 Å². The lowest BCUT2D eigenvalue weighted by Crippen LogP contribution is -2.29. The Bertz CT molecular complexity index is 1940. The monoisotopic (exact) mass is 761 g/mol. The van der Waals surface area contributed by atoms with Gasteiger partial charge in [-0.15, -0.1) is 0 Å². The van der Waals surface area contributed by atoms with Crippen LogP contribution in [-0.2, 0) is 23.2 Å². The summed E-state index contributed by atoms with van der Waals surface area (Å²) in [5, 5.41) is 19.7. The number of benzene rings is 3. The number of unbranched alkanes of at least 4 members (excludes halogenated alkanes) is 3. The van der Waals surface area contributed by atoms with Crippen molar-refractivity contribution in [2.24, 2.45) is 0 Å². The standard InChI is InChI=1S/C36H42F2N3O9PS/c1-2-48-51(46,47)49-18-8-10-25(42)9-4-5-11-34(45)39-16-6-3-7-17-40-36(52)41-24-14-12-23(13-15-24)35-26-19-28(37)30(43)21-32(26)50-33-22-31(44)29(38)20-27(33)35/h12-15,19-22,43H,2-11,16-18H2,1H3,(H,39,45)(H,46,47)(H2,40,41,52). The number of phenolic OH excluding ortho intramolecular Hbond substituents is 1. The second-order valence-corrected chi connectivity index (χ2v) is 13.9. The van der Waals surface area contributed by atoms with E-state index in [0.717, 1.165) is 43.5 Å². The summed E-state index contributed by atoms with van der Waals surface area (Å²) < 4.78 is 55.2. The Morgan fingerprint density at radius 2 is 1.58 bits per heavy atom. The SMILES string of the molecule is CCOP(=O)(O)OCCCC(=O)CCCCC(=O)NCCCCCNC(=S)Nc1ccc(-c2c3cc(F)c(=O)cc-3oc3cc(O)c(F)cc23)cc1. The van der Waals surface area contributed by atoms with Gasteiger partial charge in [0.05, 0.1) is 13.2 Å². The third-order valence-corrected chi connectivity index (χ3v) is 9.33. The van der Waals surface area contributed by atoms with Gasteiger partial charge in [0, 0.05) is 66.7 Å². The minimum Gasteiger partial charge on any atom is -0.505 e. The molecule has 2 aromatic rings. The minimum absolute atomic E-state index is 0.0131. The van der Waals surface area contributed by atoms with Crippen LogP contribution in [0.15, 0.2) is 57.7 Å². The molecule has 0 spiro atoms. The molecule has 12 nitrogen and oxygen atoms in total. The van der Waals surface area contributed by atoms with Gasteiger partial charge < -0.3 is 30.4 Å². The summed E-state index contributed by atoms with van der Waals surface area (Å²) in [5.74, 6) is -2.42. The van der Waals surface area contributed by atoms with Crippen molar-refractivity contribution in [2.45, 2.75) is 64.7 Å². The molecule has 4 rings (SSSR count). The van der Waals surface area contributed by atoms with Crippen molar-refractivity contribution in [1.82, 2.24) is 10.6 Å². The third kappa shape index (κ3) is 12.2. The van der Waals surface area contributed by atoms with Gasteiger partial charge >= 0.3 is 7.82 Å². The van der Waals surface area contributed by atoms with Crippen LogP contribution in [0.5, 0.6) is 5.75 Å². The number of halogens is 2. The number of hydrogen-bond acceptors (Lipinski definition) is 9. The Kier molecular flexibility index (Phi) is 15.2. The van der Waals surface area contributed by atoms with Crippen LogP contribution in [0, 0.1) is 11.6 Å². The number of carbonyl (C=O) groups is 2. The van der Waals surface area contributed by atoms with Gasteiger partial charge in [-0.25, -0.2) is 13.3 Å². The molecule has 0 radical (unpaired) electrons. The van der Waals surface area contributed by atoms with E-state index in [1.807, 2.05) is 0 Å². The number of phosphoric ester groups is 1. The summed E-state index contributed by atoms with van der Waals surface area (Å²) in [4.78, 5) is 45.3. The number of nitrogens with one attached hydrogen (secondary N) is 3. The maximum absolute atomic E-state index is 14.4. The van der Waals surface area contributed by atoms with Crippen LogP contribution >= 0.6 is 20.0 Å². The first kappa shape index (κ1) is 40.5. The molecule has 2 aromatic carbocycles. The lowest BCUT2D eigenvalue weighted by atomic mass is 9.93. The zero-order valence-electron chi connectivity index (χ0n) is 28.7. The Morgan fingerprint density at radius 1 is 0.885 bits per heavy atom. The lowest BCUT2D eigenvalue weighted by Gasteiger charge is -2.16. The molecule has 0 fully saturated rings. The zero-order chi connectivity index (χ0) is 37.7. The fourth-order valence-corrected chi connectivity index (χ4v) is 6.41. The van der Waals surface area contributed by atoms with E-state index in [0.29, 0.717) is 72.5 Å². The van der Waals surface area contributed by atoms with Crippen LogP contribution in [0.25, 0.3) is 33.4 Å². The third-order valence-electron chi connectivity index (χ3n) is 7.99. The summed E-state index contributed by atoms with van der Waals surface area (Å²) >= 11 is 5.41. The molecule has 1 aliphatic carbocycles. The number of carbonyl (C=O) groups excluding carboxylic acids is 2. The van der Waals surface area contributed by atoms with E-state index in [4.69, 9.17) is 21.2 Å². The highest BCUT2D eigenvalue weighted by molar-refractivity contribution is 7.80. The molecule has 280 valence electrons. The number of rotatable bonds is 20. The Balaban J connectivity index is 1.12. The van der Waals surface area contributed by atoms with E-state index in [9.17, 15) is 37.7 Å². The van der Waals surface area contributed by atoms with Crippen LogP contribution in [-0.4, -0.2) is 53.1 Å². The van der Waals surface area contributed by atoms with E-state index in [1.54, 1.807) is 31.2 Å². The summed E-state index contributed by atoms with van der Waals surface area (Å²) in [7, 11) is -4.04. The van der Waals surface area contributed by atoms with Gasteiger partial charge in [0.1, 0.15) is 17.1 Å². The molecule has 1 amide bonds. The summed E-state index contributed by atoms with van der Waals surface area (Å²) in [6.45, 7) is 2.75. The number of anilines is 1. The molecule has 16 heteroatoms. The number of hydrogen-bond donors (Lipinski definition) is 5. The number of phenols is 1. The minimum atomic E-state index is -4.04. The quantitative estimate of drug-likeness (QED) is 0.0266.